The van der Waals surface area contributed by atoms with Crippen LogP contribution in [0.4, 0.5) is 5.69 Å². The van der Waals surface area contributed by atoms with Crippen molar-refractivity contribution in [3.8, 4) is 0 Å². The Kier molecular flexibility index (Phi) is 2.63. The number of hydrogen-bond donors (Lipinski definition) is 1. The molecule has 0 aromatic heterocycles. The van der Waals surface area contributed by atoms with Crippen molar-refractivity contribution in [2.45, 2.75) is 12.8 Å². The first-order valence-corrected chi connectivity index (χ1v) is 4.88. The predicted molar refractivity (Wildman–Crippen MR) is 56.9 cm³/mol. The van der Waals surface area contributed by atoms with E-state index in [1.807, 2.05) is 30.3 Å². The molecule has 14 heavy (non-hydrogen) atoms. The predicted octanol–water partition coefficient (Wildman–Crippen LogP) is 2.59. The summed E-state index contributed by atoms with van der Waals surface area (Å²) >= 11 is 0. The summed E-state index contributed by atoms with van der Waals surface area (Å²) in [6, 6.07) is 9.81. The monoisotopic (exact) mass is 187 g/mol. The Morgan fingerprint density at radius 1 is 1.29 bits per heavy atom. The summed E-state index contributed by atoms with van der Waals surface area (Å²) in [5.74, 6) is 0.553. The maximum Gasteiger partial charge on any atom is 0.160 e. The third-order valence-electron chi connectivity index (χ3n) is 2.25. The topological polar surface area (TPSA) is 29.1 Å². The highest BCUT2D eigenvalue weighted by atomic mass is 16.1. The van der Waals surface area contributed by atoms with Crippen LogP contribution in [0.2, 0.25) is 0 Å². The van der Waals surface area contributed by atoms with E-state index in [9.17, 15) is 4.79 Å². The molecule has 1 aliphatic rings. The molecular formula is C12H13NO. The van der Waals surface area contributed by atoms with E-state index < -0.39 is 0 Å². The summed E-state index contributed by atoms with van der Waals surface area (Å²) in [7, 11) is 0. The summed E-state index contributed by atoms with van der Waals surface area (Å²) in [5, 5.41) is 3.06. The lowest BCUT2D eigenvalue weighted by molar-refractivity contribution is -0.115. The fraction of sp³-hybridized carbons (Fsp3) is 0.250. The van der Waals surface area contributed by atoms with Crippen LogP contribution in [0.5, 0.6) is 0 Å². The maximum absolute atomic E-state index is 11.3. The molecule has 72 valence electrons. The molecule has 2 nitrogen and oxygen atoms in total. The fourth-order valence-electron chi connectivity index (χ4n) is 1.26. The molecule has 1 aromatic rings. The molecule has 0 radical (unpaired) electrons. The molecule has 1 aromatic carbocycles. The number of nitrogens with one attached hydrogen (secondary N) is 1. The number of anilines is 1. The van der Waals surface area contributed by atoms with Crippen molar-refractivity contribution < 1.29 is 4.79 Å². The average Bonchev–Trinajstić information content (AvgIpc) is 3.02. The normalized spacial score (nSPS) is 15.7. The first-order valence-electron chi connectivity index (χ1n) is 4.88. The number of rotatable bonds is 4. The Labute approximate surface area is 83.6 Å². The number of carbonyl (C=O) groups excluding carboxylic acids is 1. The highest BCUT2D eigenvalue weighted by molar-refractivity contribution is 5.93. The van der Waals surface area contributed by atoms with Gasteiger partial charge in [-0.1, -0.05) is 18.2 Å². The van der Waals surface area contributed by atoms with Gasteiger partial charge in [-0.05, 0) is 31.1 Å². The highest BCUT2D eigenvalue weighted by Gasteiger charge is 2.27. The number of para-hydroxylation sites is 1. The number of ketones is 1. The van der Waals surface area contributed by atoms with Crippen LogP contribution in [0.15, 0.2) is 42.6 Å². The second kappa shape index (κ2) is 4.09. The molecule has 2 heteroatoms. The fourth-order valence-corrected chi connectivity index (χ4v) is 1.26. The summed E-state index contributed by atoms with van der Waals surface area (Å²) in [5.41, 5.74) is 1.01. The Bertz CT molecular complexity index is 339. The minimum atomic E-state index is 0.244. The van der Waals surface area contributed by atoms with E-state index in [4.69, 9.17) is 0 Å². The number of allylic oxidation sites excluding steroid dienone is 1. The SMILES string of the molecule is O=C(C=CNc1ccccc1)C1CC1. The van der Waals surface area contributed by atoms with Crippen molar-refractivity contribution >= 4 is 11.5 Å². The summed E-state index contributed by atoms with van der Waals surface area (Å²) < 4.78 is 0. The van der Waals surface area contributed by atoms with E-state index in [1.54, 1.807) is 12.3 Å². The first-order chi connectivity index (χ1) is 6.86. The van der Waals surface area contributed by atoms with Crippen LogP contribution in [0, 0.1) is 5.92 Å². The van der Waals surface area contributed by atoms with Gasteiger partial charge in [-0.25, -0.2) is 0 Å². The second-order valence-corrected chi connectivity index (χ2v) is 3.52. The number of hydrogen-bond acceptors (Lipinski definition) is 2. The Hall–Kier alpha value is -1.57. The molecule has 0 spiro atoms. The zero-order valence-electron chi connectivity index (χ0n) is 7.94. The van der Waals surface area contributed by atoms with Crippen LogP contribution in [0.3, 0.4) is 0 Å². The van der Waals surface area contributed by atoms with Gasteiger partial charge in [-0.2, -0.15) is 0 Å². The first kappa shape index (κ1) is 9.00. The minimum absolute atomic E-state index is 0.244. The van der Waals surface area contributed by atoms with E-state index >= 15 is 0 Å². The lowest BCUT2D eigenvalue weighted by Gasteiger charge is -1.97. The van der Waals surface area contributed by atoms with E-state index in [0.29, 0.717) is 5.92 Å². The van der Waals surface area contributed by atoms with Gasteiger partial charge in [-0.15, -0.1) is 0 Å². The zero-order chi connectivity index (χ0) is 9.80. The Morgan fingerprint density at radius 2 is 2.00 bits per heavy atom. The largest absolute Gasteiger partial charge is 0.362 e. The molecule has 1 aliphatic carbocycles. The lowest BCUT2D eigenvalue weighted by atomic mass is 10.2. The number of benzene rings is 1. The van der Waals surface area contributed by atoms with Crippen LogP contribution < -0.4 is 5.32 Å². The van der Waals surface area contributed by atoms with E-state index in [1.165, 1.54) is 0 Å². The molecule has 0 unspecified atom stereocenters. The zero-order valence-corrected chi connectivity index (χ0v) is 7.94. The van der Waals surface area contributed by atoms with Crippen LogP contribution in [0.1, 0.15) is 12.8 Å². The van der Waals surface area contributed by atoms with Gasteiger partial charge >= 0.3 is 0 Å². The van der Waals surface area contributed by atoms with Crippen LogP contribution in [-0.2, 0) is 4.79 Å². The van der Waals surface area contributed by atoms with Crippen molar-refractivity contribution in [2.24, 2.45) is 5.92 Å². The van der Waals surface area contributed by atoms with Crippen molar-refractivity contribution in [1.82, 2.24) is 0 Å². The van der Waals surface area contributed by atoms with E-state index in [0.717, 1.165) is 18.5 Å². The molecule has 0 bridgehead atoms. The maximum atomic E-state index is 11.3. The van der Waals surface area contributed by atoms with E-state index in [2.05, 4.69) is 5.32 Å². The smallest absolute Gasteiger partial charge is 0.160 e. The van der Waals surface area contributed by atoms with Crippen LogP contribution in [-0.4, -0.2) is 5.78 Å². The molecule has 0 saturated heterocycles. The Morgan fingerprint density at radius 3 is 2.64 bits per heavy atom. The van der Waals surface area contributed by atoms with Crippen LogP contribution >= 0.6 is 0 Å². The van der Waals surface area contributed by atoms with Crippen molar-refractivity contribution in [3.05, 3.63) is 42.6 Å². The molecule has 1 saturated carbocycles. The Balaban J connectivity index is 1.84. The van der Waals surface area contributed by atoms with Crippen LogP contribution in [0.25, 0.3) is 0 Å². The molecule has 2 rings (SSSR count). The summed E-state index contributed by atoms with van der Waals surface area (Å²) in [4.78, 5) is 11.3. The standard InChI is InChI=1S/C12H13NO/c14-12(10-6-7-10)8-9-13-11-4-2-1-3-5-11/h1-5,8-10,13H,6-7H2. The van der Waals surface area contributed by atoms with Crippen molar-refractivity contribution in [2.75, 3.05) is 5.32 Å². The molecule has 1 N–H and O–H groups in total. The van der Waals surface area contributed by atoms with Gasteiger partial charge in [0.05, 0.1) is 0 Å². The third kappa shape index (κ3) is 2.46. The molecule has 0 heterocycles. The third-order valence-corrected chi connectivity index (χ3v) is 2.25. The van der Waals surface area contributed by atoms with Crippen molar-refractivity contribution in [3.63, 3.8) is 0 Å². The van der Waals surface area contributed by atoms with Gasteiger partial charge in [0.15, 0.2) is 5.78 Å². The van der Waals surface area contributed by atoms with Gasteiger partial charge in [0.25, 0.3) is 0 Å². The van der Waals surface area contributed by atoms with Gasteiger partial charge in [0.2, 0.25) is 0 Å². The summed E-state index contributed by atoms with van der Waals surface area (Å²) in [6.07, 6.45) is 5.48. The molecule has 1 fully saturated rings. The molecule has 0 atom stereocenters. The van der Waals surface area contributed by atoms with Gasteiger partial charge in [-0.3, -0.25) is 4.79 Å². The lowest BCUT2D eigenvalue weighted by Crippen LogP contribution is -1.96. The second-order valence-electron chi connectivity index (χ2n) is 3.52. The quantitative estimate of drug-likeness (QED) is 0.734. The highest BCUT2D eigenvalue weighted by Crippen LogP contribution is 2.29. The van der Waals surface area contributed by atoms with Gasteiger partial charge < -0.3 is 5.32 Å². The molecule has 0 aliphatic heterocycles. The van der Waals surface area contributed by atoms with Crippen molar-refractivity contribution in [1.29, 1.82) is 0 Å². The van der Waals surface area contributed by atoms with Gasteiger partial charge in [0.1, 0.15) is 0 Å². The van der Waals surface area contributed by atoms with E-state index in [-0.39, 0.29) is 5.78 Å². The average molecular weight is 187 g/mol. The van der Waals surface area contributed by atoms with Gasteiger partial charge in [0, 0.05) is 17.8 Å². The number of carbonyl (C=O) groups is 1. The summed E-state index contributed by atoms with van der Waals surface area (Å²) in [6.45, 7) is 0. The minimum Gasteiger partial charge on any atom is -0.362 e. The molecular weight excluding hydrogens is 174 g/mol. The molecule has 0 amide bonds.